The standard InChI is InChI=1S/C24H27O5PS/c1-15-16-11-12-24(15,2)22(14-16)29-30(25,26)28-20-13-17-7-4-5-10-21(17)31-23-18(20)8-6-9-19(23)27-3/h4-10,13,15-16,22H,11-12,14H2,1-3H3,(H,25,26)/t15?,16-,22-,24-/m1/s1. The van der Waals surface area contributed by atoms with E-state index in [9.17, 15) is 9.46 Å². The molecule has 2 unspecified atom stereocenters. The largest absolute Gasteiger partial charge is 0.527 e. The second-order valence-corrected chi connectivity index (χ2v) is 11.4. The summed E-state index contributed by atoms with van der Waals surface area (Å²) in [4.78, 5) is 12.7. The molecule has 1 aliphatic heterocycles. The second kappa shape index (κ2) is 7.70. The maximum absolute atomic E-state index is 13.2. The van der Waals surface area contributed by atoms with E-state index in [1.807, 2.05) is 48.5 Å². The molecule has 5 rings (SSSR count). The first-order valence-electron chi connectivity index (χ1n) is 10.7. The second-order valence-electron chi connectivity index (χ2n) is 8.97. The van der Waals surface area contributed by atoms with Crippen molar-refractivity contribution >= 4 is 31.4 Å². The van der Waals surface area contributed by atoms with Gasteiger partial charge in [0.15, 0.2) is 0 Å². The number of phosphoric acid groups is 1. The first kappa shape index (κ1) is 21.1. The first-order valence-corrected chi connectivity index (χ1v) is 13.0. The average molecular weight is 459 g/mol. The quantitative estimate of drug-likeness (QED) is 0.508. The highest BCUT2D eigenvalue weighted by atomic mass is 32.2. The van der Waals surface area contributed by atoms with E-state index in [1.165, 1.54) is 6.42 Å². The Balaban J connectivity index is 1.49. The number of methoxy groups -OCH3 is 1. The molecular weight excluding hydrogens is 431 g/mol. The average Bonchev–Trinajstić information content (AvgIpc) is 3.07. The number of fused-ring (bicyclic) bond motifs is 4. The molecule has 0 amide bonds. The van der Waals surface area contributed by atoms with Crippen molar-refractivity contribution in [2.24, 2.45) is 17.3 Å². The van der Waals surface area contributed by atoms with Crippen LogP contribution in [0.2, 0.25) is 0 Å². The molecule has 2 aromatic rings. The lowest BCUT2D eigenvalue weighted by atomic mass is 9.80. The highest BCUT2D eigenvalue weighted by Gasteiger charge is 2.57. The minimum atomic E-state index is -4.34. The molecule has 0 saturated heterocycles. The monoisotopic (exact) mass is 458 g/mol. The lowest BCUT2D eigenvalue weighted by Crippen LogP contribution is -2.31. The van der Waals surface area contributed by atoms with E-state index in [2.05, 4.69) is 13.8 Å². The predicted octanol–water partition coefficient (Wildman–Crippen LogP) is 6.62. The number of rotatable bonds is 5. The van der Waals surface area contributed by atoms with E-state index in [4.69, 9.17) is 13.8 Å². The highest BCUT2D eigenvalue weighted by molar-refractivity contribution is 7.99. The number of benzene rings is 2. The van der Waals surface area contributed by atoms with Gasteiger partial charge < -0.3 is 9.26 Å². The van der Waals surface area contributed by atoms with Gasteiger partial charge >= 0.3 is 7.82 Å². The van der Waals surface area contributed by atoms with E-state index in [0.717, 1.165) is 28.2 Å². The van der Waals surface area contributed by atoms with Gasteiger partial charge in [0.2, 0.25) is 0 Å². The minimum absolute atomic E-state index is 0.0756. The van der Waals surface area contributed by atoms with Gasteiger partial charge in [-0.2, -0.15) is 0 Å². The zero-order chi connectivity index (χ0) is 21.8. The fourth-order valence-corrected chi connectivity index (χ4v) is 7.61. The lowest BCUT2D eigenvalue weighted by molar-refractivity contribution is 0.0342. The maximum atomic E-state index is 13.2. The van der Waals surface area contributed by atoms with Crippen LogP contribution >= 0.6 is 19.6 Å². The Hall–Kier alpha value is -1.72. The third-order valence-corrected chi connectivity index (χ3v) is 9.57. The highest BCUT2D eigenvalue weighted by Crippen LogP contribution is 2.63. The van der Waals surface area contributed by atoms with Crippen LogP contribution in [-0.2, 0) is 13.6 Å². The Labute approximate surface area is 187 Å². The van der Waals surface area contributed by atoms with E-state index < -0.39 is 7.82 Å². The Morgan fingerprint density at radius 2 is 2.00 bits per heavy atom. The summed E-state index contributed by atoms with van der Waals surface area (Å²) >= 11 is 1.56. The van der Waals surface area contributed by atoms with Crippen molar-refractivity contribution in [3.63, 3.8) is 0 Å². The van der Waals surface area contributed by atoms with E-state index in [1.54, 1.807) is 18.9 Å². The summed E-state index contributed by atoms with van der Waals surface area (Å²) in [5, 5.41) is 0. The van der Waals surface area contributed by atoms with Gasteiger partial charge in [-0.1, -0.05) is 49.9 Å². The summed E-state index contributed by atoms with van der Waals surface area (Å²) < 4.78 is 30.3. The topological polar surface area (TPSA) is 65.0 Å². The Morgan fingerprint density at radius 1 is 1.19 bits per heavy atom. The van der Waals surface area contributed by atoms with Crippen molar-refractivity contribution < 1.29 is 23.2 Å². The molecule has 164 valence electrons. The van der Waals surface area contributed by atoms with E-state index >= 15 is 0 Å². The van der Waals surface area contributed by atoms with Crippen LogP contribution in [0.1, 0.15) is 44.2 Å². The Kier molecular flexibility index (Phi) is 5.25. The molecule has 7 heteroatoms. The third-order valence-electron chi connectivity index (χ3n) is 7.41. The summed E-state index contributed by atoms with van der Waals surface area (Å²) in [5.41, 5.74) is 1.56. The van der Waals surface area contributed by atoms with Crippen molar-refractivity contribution in [3.8, 4) is 5.75 Å². The molecule has 2 saturated carbocycles. The van der Waals surface area contributed by atoms with E-state index in [-0.39, 0.29) is 11.5 Å². The van der Waals surface area contributed by atoms with Crippen molar-refractivity contribution in [1.82, 2.24) is 0 Å². The van der Waals surface area contributed by atoms with Gasteiger partial charge in [-0.3, -0.25) is 9.42 Å². The van der Waals surface area contributed by atoms with Gasteiger partial charge in [0.05, 0.1) is 18.1 Å². The van der Waals surface area contributed by atoms with Gasteiger partial charge in [0.25, 0.3) is 0 Å². The molecule has 0 radical (unpaired) electrons. The van der Waals surface area contributed by atoms with Gasteiger partial charge in [-0.15, -0.1) is 0 Å². The van der Waals surface area contributed by atoms with Crippen LogP contribution in [0.4, 0.5) is 0 Å². The summed E-state index contributed by atoms with van der Waals surface area (Å²) in [6.07, 6.45) is 4.55. The Morgan fingerprint density at radius 3 is 2.71 bits per heavy atom. The Bertz CT molecular complexity index is 1100. The summed E-state index contributed by atoms with van der Waals surface area (Å²) in [5.74, 6) is 2.05. The maximum Gasteiger partial charge on any atom is 0.527 e. The number of phosphoric ester groups is 1. The lowest BCUT2D eigenvalue weighted by Gasteiger charge is -2.33. The minimum Gasteiger partial charge on any atom is -0.496 e. The van der Waals surface area contributed by atoms with Gasteiger partial charge in [-0.05, 0) is 66.4 Å². The van der Waals surface area contributed by atoms with Crippen LogP contribution in [0.25, 0.3) is 11.8 Å². The van der Waals surface area contributed by atoms with Gasteiger partial charge in [-0.25, -0.2) is 4.57 Å². The zero-order valence-electron chi connectivity index (χ0n) is 17.9. The normalized spacial score (nSPS) is 30.6. The van der Waals surface area contributed by atoms with Crippen molar-refractivity contribution in [2.75, 3.05) is 7.11 Å². The number of hydrogen-bond acceptors (Lipinski definition) is 5. The number of hydrogen-bond donors (Lipinski definition) is 1. The third kappa shape index (κ3) is 3.64. The molecular formula is C24H27O5PS. The molecule has 5 atom stereocenters. The molecule has 0 aromatic heterocycles. The van der Waals surface area contributed by atoms with Gasteiger partial charge in [0.1, 0.15) is 11.5 Å². The van der Waals surface area contributed by atoms with Crippen molar-refractivity contribution in [1.29, 1.82) is 0 Å². The molecule has 2 bridgehead atoms. The fraction of sp³-hybridized carbons (Fsp3) is 0.417. The number of ether oxygens (including phenoxy) is 1. The van der Waals surface area contributed by atoms with Crippen LogP contribution in [-0.4, -0.2) is 18.1 Å². The molecule has 2 aliphatic carbocycles. The SMILES string of the molecule is COc1cccc2c1Sc1ccccc1C=C2OP(=O)(O)O[C@@H]1C[C@H]2CC[C@]1(C)C2C. The van der Waals surface area contributed by atoms with Crippen LogP contribution in [0.3, 0.4) is 0 Å². The molecule has 31 heavy (non-hydrogen) atoms. The molecule has 2 fully saturated rings. The smallest absolute Gasteiger partial charge is 0.496 e. The predicted molar refractivity (Wildman–Crippen MR) is 122 cm³/mol. The van der Waals surface area contributed by atoms with Crippen molar-refractivity contribution in [3.05, 3.63) is 53.6 Å². The van der Waals surface area contributed by atoms with Crippen LogP contribution in [0.15, 0.2) is 52.3 Å². The fourth-order valence-electron chi connectivity index (χ4n) is 5.38. The molecule has 3 aliphatic rings. The molecule has 1 N–H and O–H groups in total. The van der Waals surface area contributed by atoms with Crippen molar-refractivity contribution in [2.45, 2.75) is 49.0 Å². The zero-order valence-corrected chi connectivity index (χ0v) is 19.6. The molecule has 5 nitrogen and oxygen atoms in total. The first-order chi connectivity index (χ1) is 14.8. The van der Waals surface area contributed by atoms with E-state index in [0.29, 0.717) is 28.9 Å². The molecule has 0 spiro atoms. The summed E-state index contributed by atoms with van der Waals surface area (Å²) in [6, 6.07) is 13.5. The molecule has 1 heterocycles. The summed E-state index contributed by atoms with van der Waals surface area (Å²) in [6.45, 7) is 4.40. The van der Waals surface area contributed by atoms with Crippen LogP contribution in [0, 0.1) is 17.3 Å². The van der Waals surface area contributed by atoms with Crippen LogP contribution in [0.5, 0.6) is 5.75 Å². The molecule has 2 aromatic carbocycles. The van der Waals surface area contributed by atoms with Gasteiger partial charge in [0, 0.05) is 10.5 Å². The van der Waals surface area contributed by atoms with Crippen LogP contribution < -0.4 is 4.74 Å². The summed E-state index contributed by atoms with van der Waals surface area (Å²) in [7, 11) is -2.72.